The van der Waals surface area contributed by atoms with Crippen LogP contribution in [0, 0.1) is 11.3 Å². The highest BCUT2D eigenvalue weighted by atomic mass is 35.5. The molecule has 0 N–H and O–H groups in total. The lowest BCUT2D eigenvalue weighted by atomic mass is 10.1. The van der Waals surface area contributed by atoms with Crippen LogP contribution in [0.3, 0.4) is 0 Å². The summed E-state index contributed by atoms with van der Waals surface area (Å²) in [5.41, 5.74) is 1.94. The fourth-order valence-electron chi connectivity index (χ4n) is 2.00. The number of fused-ring (bicyclic) bond motifs is 1. The van der Waals surface area contributed by atoms with Crippen LogP contribution in [-0.2, 0) is 0 Å². The molecule has 0 spiro atoms. The van der Waals surface area contributed by atoms with Gasteiger partial charge in [0, 0.05) is 12.0 Å². The molecule has 2 heterocycles. The van der Waals surface area contributed by atoms with E-state index in [2.05, 4.69) is 4.98 Å². The average molecular weight is 287 g/mol. The first kappa shape index (κ1) is 12.8. The number of ether oxygens (including phenoxy) is 2. The Kier molecular flexibility index (Phi) is 3.44. The van der Waals surface area contributed by atoms with Crippen LogP contribution >= 0.6 is 11.6 Å². The number of rotatable bonds is 1. The second kappa shape index (κ2) is 5.40. The van der Waals surface area contributed by atoms with E-state index in [0.29, 0.717) is 30.2 Å². The second-order valence-electron chi connectivity index (χ2n) is 4.36. The van der Waals surface area contributed by atoms with E-state index in [1.165, 1.54) is 0 Å². The predicted molar refractivity (Wildman–Crippen MR) is 75.0 cm³/mol. The smallest absolute Gasteiger partial charge is 0.161 e. The number of nitriles is 1. The highest BCUT2D eigenvalue weighted by Gasteiger charge is 2.12. The molecule has 1 aliphatic rings. The highest BCUT2D eigenvalue weighted by molar-refractivity contribution is 6.30. The predicted octanol–water partition coefficient (Wildman–Crippen LogP) is 3.43. The zero-order valence-electron chi connectivity index (χ0n) is 10.6. The SMILES string of the molecule is N#Cc1ccc(-c2ccc3c(c2)OCCCO3)nc1Cl. The van der Waals surface area contributed by atoms with Gasteiger partial charge in [0.15, 0.2) is 11.5 Å². The van der Waals surface area contributed by atoms with Gasteiger partial charge in [-0.3, -0.25) is 0 Å². The zero-order valence-corrected chi connectivity index (χ0v) is 11.4. The first-order valence-corrected chi connectivity index (χ1v) is 6.62. The van der Waals surface area contributed by atoms with Crippen molar-refractivity contribution in [2.75, 3.05) is 13.2 Å². The topological polar surface area (TPSA) is 55.1 Å². The zero-order chi connectivity index (χ0) is 13.9. The van der Waals surface area contributed by atoms with Crippen LogP contribution in [0.5, 0.6) is 11.5 Å². The molecule has 1 aromatic carbocycles. The minimum atomic E-state index is 0.206. The summed E-state index contributed by atoms with van der Waals surface area (Å²) in [5, 5.41) is 9.06. The number of halogens is 1. The summed E-state index contributed by atoms with van der Waals surface area (Å²) < 4.78 is 11.2. The number of aromatic nitrogens is 1. The molecule has 0 saturated heterocycles. The van der Waals surface area contributed by atoms with E-state index < -0.39 is 0 Å². The Bertz CT molecular complexity index is 695. The van der Waals surface area contributed by atoms with Crippen LogP contribution in [-0.4, -0.2) is 18.2 Å². The van der Waals surface area contributed by atoms with Gasteiger partial charge >= 0.3 is 0 Å². The molecule has 1 aromatic heterocycles. The first-order valence-electron chi connectivity index (χ1n) is 6.24. The van der Waals surface area contributed by atoms with E-state index in [4.69, 9.17) is 26.3 Å². The summed E-state index contributed by atoms with van der Waals surface area (Å²) in [4.78, 5) is 4.23. The summed E-state index contributed by atoms with van der Waals surface area (Å²) >= 11 is 5.96. The Hall–Kier alpha value is -2.25. The summed E-state index contributed by atoms with van der Waals surface area (Å²) in [6.07, 6.45) is 0.866. The van der Waals surface area contributed by atoms with Crippen LogP contribution in [0.1, 0.15) is 12.0 Å². The van der Waals surface area contributed by atoms with Crippen LogP contribution in [0.4, 0.5) is 0 Å². The minimum absolute atomic E-state index is 0.206. The van der Waals surface area contributed by atoms with Gasteiger partial charge in [0.1, 0.15) is 11.2 Å². The van der Waals surface area contributed by atoms with Gasteiger partial charge in [0.25, 0.3) is 0 Å². The maximum absolute atomic E-state index is 8.86. The average Bonchev–Trinajstić information content (AvgIpc) is 2.71. The molecule has 0 radical (unpaired) electrons. The maximum Gasteiger partial charge on any atom is 0.161 e. The molecule has 2 aromatic rings. The minimum Gasteiger partial charge on any atom is -0.490 e. The summed E-state index contributed by atoms with van der Waals surface area (Å²) in [6, 6.07) is 11.1. The molecule has 0 amide bonds. The van der Waals surface area contributed by atoms with Crippen molar-refractivity contribution in [3.05, 3.63) is 41.0 Å². The van der Waals surface area contributed by atoms with E-state index in [0.717, 1.165) is 17.7 Å². The Labute approximate surface area is 121 Å². The molecule has 0 saturated carbocycles. The van der Waals surface area contributed by atoms with Crippen molar-refractivity contribution >= 4 is 11.6 Å². The second-order valence-corrected chi connectivity index (χ2v) is 4.72. The quantitative estimate of drug-likeness (QED) is 0.754. The standard InChI is InChI=1S/C15H11ClN2O2/c16-15-11(9-17)2-4-12(18-15)10-3-5-13-14(8-10)20-7-1-6-19-13/h2-5,8H,1,6-7H2. The third-order valence-corrected chi connectivity index (χ3v) is 3.30. The van der Waals surface area contributed by atoms with Crippen molar-refractivity contribution in [2.24, 2.45) is 0 Å². The van der Waals surface area contributed by atoms with Crippen LogP contribution in [0.2, 0.25) is 5.15 Å². The largest absolute Gasteiger partial charge is 0.490 e. The Morgan fingerprint density at radius 1 is 1.10 bits per heavy atom. The van der Waals surface area contributed by atoms with Crippen molar-refractivity contribution < 1.29 is 9.47 Å². The summed E-state index contributed by atoms with van der Waals surface area (Å²) in [6.45, 7) is 1.30. The monoisotopic (exact) mass is 286 g/mol. The number of nitrogens with zero attached hydrogens (tertiary/aromatic N) is 2. The third-order valence-electron chi connectivity index (χ3n) is 3.01. The van der Waals surface area contributed by atoms with Gasteiger partial charge in [0.05, 0.1) is 24.5 Å². The molecule has 1 aliphatic heterocycles. The van der Waals surface area contributed by atoms with Crippen molar-refractivity contribution in [1.29, 1.82) is 5.26 Å². The molecule has 100 valence electrons. The fourth-order valence-corrected chi connectivity index (χ4v) is 2.20. The number of hydrogen-bond acceptors (Lipinski definition) is 4. The Balaban J connectivity index is 2.00. The number of hydrogen-bond donors (Lipinski definition) is 0. The maximum atomic E-state index is 8.86. The molecule has 0 unspecified atom stereocenters. The van der Waals surface area contributed by atoms with E-state index >= 15 is 0 Å². The van der Waals surface area contributed by atoms with Crippen LogP contribution in [0.15, 0.2) is 30.3 Å². The lowest BCUT2D eigenvalue weighted by Crippen LogP contribution is -1.97. The Morgan fingerprint density at radius 3 is 2.65 bits per heavy atom. The lowest BCUT2D eigenvalue weighted by Gasteiger charge is -2.09. The van der Waals surface area contributed by atoms with Gasteiger partial charge in [-0.25, -0.2) is 4.98 Å². The van der Waals surface area contributed by atoms with Crippen molar-refractivity contribution in [3.8, 4) is 28.8 Å². The molecule has 0 fully saturated rings. The number of pyridine rings is 1. The van der Waals surface area contributed by atoms with Gasteiger partial charge in [-0.1, -0.05) is 11.6 Å². The van der Waals surface area contributed by atoms with E-state index in [-0.39, 0.29) is 5.15 Å². The van der Waals surface area contributed by atoms with Crippen molar-refractivity contribution in [2.45, 2.75) is 6.42 Å². The molecular formula is C15H11ClN2O2. The van der Waals surface area contributed by atoms with Crippen LogP contribution in [0.25, 0.3) is 11.3 Å². The van der Waals surface area contributed by atoms with Crippen LogP contribution < -0.4 is 9.47 Å². The first-order chi connectivity index (χ1) is 9.78. The molecule has 0 aliphatic carbocycles. The van der Waals surface area contributed by atoms with Crippen molar-refractivity contribution in [3.63, 3.8) is 0 Å². The number of benzene rings is 1. The van der Waals surface area contributed by atoms with E-state index in [1.54, 1.807) is 12.1 Å². The van der Waals surface area contributed by atoms with E-state index in [9.17, 15) is 0 Å². The fraction of sp³-hybridized carbons (Fsp3) is 0.200. The molecule has 3 rings (SSSR count). The third kappa shape index (κ3) is 2.40. The molecule has 4 nitrogen and oxygen atoms in total. The molecule has 20 heavy (non-hydrogen) atoms. The Morgan fingerprint density at radius 2 is 1.90 bits per heavy atom. The van der Waals surface area contributed by atoms with Gasteiger partial charge < -0.3 is 9.47 Å². The highest BCUT2D eigenvalue weighted by Crippen LogP contribution is 2.34. The van der Waals surface area contributed by atoms with E-state index in [1.807, 2.05) is 24.3 Å². The molecule has 5 heteroatoms. The normalized spacial score (nSPS) is 13.4. The van der Waals surface area contributed by atoms with Gasteiger partial charge in [-0.05, 0) is 30.3 Å². The lowest BCUT2D eigenvalue weighted by molar-refractivity contribution is 0.297. The molecule has 0 atom stereocenters. The summed E-state index contributed by atoms with van der Waals surface area (Å²) in [5.74, 6) is 1.45. The van der Waals surface area contributed by atoms with Gasteiger partial charge in [-0.15, -0.1) is 0 Å². The van der Waals surface area contributed by atoms with Gasteiger partial charge in [0.2, 0.25) is 0 Å². The summed E-state index contributed by atoms with van der Waals surface area (Å²) in [7, 11) is 0. The van der Waals surface area contributed by atoms with Crippen molar-refractivity contribution in [1.82, 2.24) is 4.98 Å². The molecule has 0 bridgehead atoms. The molecular weight excluding hydrogens is 276 g/mol. The van der Waals surface area contributed by atoms with Gasteiger partial charge in [-0.2, -0.15) is 5.26 Å².